The van der Waals surface area contributed by atoms with Crippen LogP contribution in [-0.2, 0) is 45.3 Å². The van der Waals surface area contributed by atoms with Gasteiger partial charge in [0.1, 0.15) is 34.5 Å². The summed E-state index contributed by atoms with van der Waals surface area (Å²) in [4.78, 5) is 0. The first-order valence-corrected chi connectivity index (χ1v) is 48.4. The molecule has 6 N–H and O–H groups in total. The molecule has 12 aromatic rings. The van der Waals surface area contributed by atoms with Crippen LogP contribution in [0.4, 0.5) is 0 Å². The molecule has 0 aliphatic carbocycles. The predicted molar refractivity (Wildman–Crippen MR) is 543 cm³/mol. The van der Waals surface area contributed by atoms with Gasteiger partial charge in [0.2, 0.25) is 0 Å². The molecule has 6 unspecified atom stereocenters. The van der Waals surface area contributed by atoms with Gasteiger partial charge >= 0.3 is 0 Å². The van der Waals surface area contributed by atoms with E-state index in [0.717, 1.165) is 88.6 Å². The zero-order chi connectivity index (χ0) is 85.5. The van der Waals surface area contributed by atoms with Crippen molar-refractivity contribution in [3.63, 3.8) is 0 Å². The molecular weight excluding hydrogens is 1650 g/mol. The third kappa shape index (κ3) is 29.2. The number of aryl methyl sites for hydroxylation is 12. The van der Waals surface area contributed by atoms with Crippen LogP contribution < -0.4 is 63.7 Å². The Bertz CT molecular complexity index is 5220. The molecule has 0 spiro atoms. The second kappa shape index (κ2) is 46.2. The number of rotatable bonds is 18. The number of benzene rings is 12. The molecule has 6 nitrogen and oxygen atoms in total. The largest absolute Gasteiger partial charge is 0.507 e. The van der Waals surface area contributed by atoms with E-state index >= 15 is 0 Å². The summed E-state index contributed by atoms with van der Waals surface area (Å²) in [7, 11) is 2.80. The van der Waals surface area contributed by atoms with E-state index in [2.05, 4.69) is 318 Å². The SMILES string of the molecule is Cc1ccc(Pc2cc(C(C)(C)C)cc(C)c2O)c(CS)c1.Cc1ccc(Pc2cc(C)cc(C(C)(C)C)c2O)c(CS)c1.Cc1ccc(Pc2cc(C)cc(C)c2O)c(CS)c1.Cc1ccc(Pc2cc(C)ccc2O)c(CS)c1.Cc1ccc(Pc2cccc(C)c2O)c(CS)c1.Cc1ccc(Pc2ccccc2O)c(CS)c1. The first-order valence-electron chi connectivity index (χ1n) is 38.6. The minimum Gasteiger partial charge on any atom is -0.507 e. The van der Waals surface area contributed by atoms with E-state index in [4.69, 9.17) is 0 Å². The van der Waals surface area contributed by atoms with E-state index in [1.807, 2.05) is 76.2 Å². The van der Waals surface area contributed by atoms with Crippen molar-refractivity contribution < 1.29 is 30.6 Å². The van der Waals surface area contributed by atoms with E-state index in [1.165, 1.54) is 121 Å². The molecule has 12 rings (SSSR count). The van der Waals surface area contributed by atoms with Gasteiger partial charge < -0.3 is 30.6 Å². The molecule has 612 valence electrons. The molecule has 0 aromatic heterocycles. The van der Waals surface area contributed by atoms with Crippen molar-refractivity contribution in [3.05, 3.63) is 318 Å². The van der Waals surface area contributed by atoms with Crippen LogP contribution in [0.3, 0.4) is 0 Å². The molecular formula is C98H118O6P6S6. The topological polar surface area (TPSA) is 121 Å². The van der Waals surface area contributed by atoms with Crippen LogP contribution in [0.5, 0.6) is 34.5 Å². The average Bonchev–Trinajstić information content (AvgIpc) is 0.786. The average molecular weight is 1770 g/mol. The summed E-state index contributed by atoms with van der Waals surface area (Å²) in [5, 5.41) is 74.7. The fourth-order valence-corrected chi connectivity index (χ4v) is 22.9. The number of aromatic hydroxyl groups is 6. The third-order valence-electron chi connectivity index (χ3n) is 19.2. The van der Waals surface area contributed by atoms with Gasteiger partial charge in [0, 0.05) is 71.9 Å². The zero-order valence-electron chi connectivity index (χ0n) is 70.2. The monoisotopic (exact) mass is 1770 g/mol. The van der Waals surface area contributed by atoms with Gasteiger partial charge in [-0.3, -0.25) is 0 Å². The second-order valence-corrected chi connectivity index (χ2v) is 41.4. The highest BCUT2D eigenvalue weighted by molar-refractivity contribution is 7.80. The normalized spacial score (nSPS) is 11.7. The van der Waals surface area contributed by atoms with Crippen LogP contribution in [0, 0.1) is 83.1 Å². The summed E-state index contributed by atoms with van der Waals surface area (Å²) in [5.41, 5.74) is 23.7. The zero-order valence-corrected chi connectivity index (χ0v) is 81.6. The molecule has 0 saturated heterocycles. The molecule has 6 atom stereocenters. The van der Waals surface area contributed by atoms with Crippen molar-refractivity contribution in [1.82, 2.24) is 0 Å². The van der Waals surface area contributed by atoms with Crippen LogP contribution in [-0.4, -0.2) is 30.6 Å². The maximum absolute atomic E-state index is 10.7. The van der Waals surface area contributed by atoms with Gasteiger partial charge in [0.25, 0.3) is 0 Å². The van der Waals surface area contributed by atoms with Crippen LogP contribution in [0.15, 0.2) is 206 Å². The number of hydrogen-bond donors (Lipinski definition) is 12. The lowest BCUT2D eigenvalue weighted by molar-refractivity contribution is 0.450. The Labute approximate surface area is 737 Å². The first kappa shape index (κ1) is 97.2. The summed E-state index contributed by atoms with van der Waals surface area (Å²) >= 11 is 26.4. The van der Waals surface area contributed by atoms with Crippen LogP contribution in [0.1, 0.15) is 153 Å². The molecule has 0 heterocycles. The third-order valence-corrected chi connectivity index (χ3v) is 29.7. The highest BCUT2D eigenvalue weighted by Gasteiger charge is 2.23. The van der Waals surface area contributed by atoms with Crippen molar-refractivity contribution >= 4 is 191 Å². The van der Waals surface area contributed by atoms with Gasteiger partial charge in [-0.2, -0.15) is 75.8 Å². The van der Waals surface area contributed by atoms with E-state index in [9.17, 15) is 30.6 Å². The van der Waals surface area contributed by atoms with E-state index in [-0.39, 0.29) is 10.8 Å². The molecule has 0 aliphatic rings. The predicted octanol–water partition coefficient (Wildman–Crippen LogP) is 21.0. The molecule has 0 radical (unpaired) electrons. The molecule has 0 saturated carbocycles. The standard InChI is InChI=1S/2C19H25OPS.C16H19OPS.2C15H17OPS.C14H15OPS/c1-12-6-7-16(14(8-12)11-22)21-17-10-15(19(3,4)5)9-13(2)18(17)20;1-12-6-7-16(14(8-12)11-22)21-17-10-13(2)9-15(18(17)20)19(3,4)5;1-10-4-5-14(13(7-10)9-19)18-15-8-11(2)6-12(3)16(15)17;1-10-4-6-14(12(7-10)9-18)17-15-8-11(2)3-5-13(15)16;1-10-6-7-13(12(8-10)9-18)17-14-5-3-4-11(2)15(14)16;1-10-6-7-13(11(8-10)9-17)16-14-5-3-2-4-12(14)15/h2*6-10,20-22H,11H2,1-5H3;4-8,17-19H,9H2,1-3H3;2*3-8,16-18H,9H2,1-2H3;2-8,15-17H,9H2,1H3. The van der Waals surface area contributed by atoms with Gasteiger partial charge in [0.15, 0.2) is 0 Å². The van der Waals surface area contributed by atoms with Crippen molar-refractivity contribution in [1.29, 1.82) is 0 Å². The molecule has 0 aliphatic heterocycles. The van der Waals surface area contributed by atoms with Gasteiger partial charge in [0.05, 0.1) is 0 Å². The smallest absolute Gasteiger partial charge is 0.127 e. The lowest BCUT2D eigenvalue weighted by Gasteiger charge is -2.23. The van der Waals surface area contributed by atoms with Crippen molar-refractivity contribution in [2.45, 2.75) is 170 Å². The van der Waals surface area contributed by atoms with Crippen LogP contribution >= 0.6 is 127 Å². The lowest BCUT2D eigenvalue weighted by Crippen LogP contribution is -2.17. The summed E-state index contributed by atoms with van der Waals surface area (Å²) < 4.78 is 0. The van der Waals surface area contributed by atoms with Crippen molar-refractivity contribution in [3.8, 4) is 34.5 Å². The first-order chi connectivity index (χ1) is 54.9. The highest BCUT2D eigenvalue weighted by Crippen LogP contribution is 2.36. The lowest BCUT2D eigenvalue weighted by atomic mass is 9.85. The summed E-state index contributed by atoms with van der Waals surface area (Å²) in [6, 6.07) is 70.3. The van der Waals surface area contributed by atoms with Crippen molar-refractivity contribution in [2.75, 3.05) is 0 Å². The number of para-hydroxylation sites is 2. The Hall–Kier alpha value is -5.88. The fraction of sp³-hybridized carbons (Fsp3) is 0.265. The number of phenols is 6. The van der Waals surface area contributed by atoms with E-state index < -0.39 is 0 Å². The number of thiol groups is 6. The Kier molecular flexibility index (Phi) is 38.8. The Morgan fingerprint density at radius 2 is 0.509 bits per heavy atom. The Morgan fingerprint density at radius 1 is 0.224 bits per heavy atom. The minimum absolute atomic E-state index is 0.0605. The van der Waals surface area contributed by atoms with Crippen LogP contribution in [0.2, 0.25) is 0 Å². The Morgan fingerprint density at radius 3 is 0.879 bits per heavy atom. The van der Waals surface area contributed by atoms with Crippen molar-refractivity contribution in [2.24, 2.45) is 0 Å². The number of hydrogen-bond acceptors (Lipinski definition) is 12. The Balaban J connectivity index is 0.000000193. The maximum atomic E-state index is 10.7. The highest BCUT2D eigenvalue weighted by atomic mass is 32.1. The second-order valence-electron chi connectivity index (χ2n) is 31.5. The summed E-state index contributed by atoms with van der Waals surface area (Å²) in [6.07, 6.45) is 0. The molecule has 0 bridgehead atoms. The number of phenolic OH excluding ortho intramolecular Hbond substituents is 6. The molecule has 18 heteroatoms. The summed E-state index contributed by atoms with van der Waals surface area (Å²) in [6.45, 7) is 37.6. The quantitative estimate of drug-likeness (QED) is 0.0307. The van der Waals surface area contributed by atoms with Crippen LogP contribution in [0.25, 0.3) is 0 Å². The minimum atomic E-state index is -0.0605. The molecule has 0 amide bonds. The van der Waals surface area contributed by atoms with Gasteiger partial charge in [-0.1, -0.05) is 302 Å². The molecule has 0 fully saturated rings. The van der Waals surface area contributed by atoms with E-state index in [1.54, 1.807) is 12.1 Å². The van der Waals surface area contributed by atoms with Gasteiger partial charge in [-0.25, -0.2) is 0 Å². The maximum Gasteiger partial charge on any atom is 0.127 e. The van der Waals surface area contributed by atoms with E-state index in [0.29, 0.717) is 86.0 Å². The molecule has 116 heavy (non-hydrogen) atoms. The van der Waals surface area contributed by atoms with Gasteiger partial charge in [-0.05, 0) is 229 Å². The van der Waals surface area contributed by atoms with Gasteiger partial charge in [-0.15, -0.1) is 0 Å². The fourth-order valence-electron chi connectivity index (χ4n) is 12.6. The molecule has 12 aromatic carbocycles. The summed E-state index contributed by atoms with van der Waals surface area (Å²) in [5.74, 6) is 6.85.